The molecule has 0 aromatic carbocycles. The molecule has 2 rings (SSSR count). The maximum Gasteiger partial charge on any atom is 0.304 e. The molecule has 6 heteroatoms. The number of hydrogen-bond acceptors (Lipinski definition) is 5. The quantitative estimate of drug-likeness (QED) is 0.797. The number of nitrogens with zero attached hydrogens (tertiary/aromatic N) is 3. The molecule has 1 aliphatic heterocycles. The SMILES string of the molecule is Cc1cc(CC(C)C)nc(N2CC[C@H](NCCC(=O)O)C2)n1. The fourth-order valence-electron chi connectivity index (χ4n) is 2.77. The van der Waals surface area contributed by atoms with E-state index in [-0.39, 0.29) is 6.42 Å². The van der Waals surface area contributed by atoms with Gasteiger partial charge in [0.25, 0.3) is 0 Å². The van der Waals surface area contributed by atoms with Crippen LogP contribution in [0, 0.1) is 12.8 Å². The van der Waals surface area contributed by atoms with Crippen LogP contribution in [0.25, 0.3) is 0 Å². The van der Waals surface area contributed by atoms with Crippen LogP contribution in [0.1, 0.15) is 38.1 Å². The number of carboxylic acids is 1. The lowest BCUT2D eigenvalue weighted by molar-refractivity contribution is -0.136. The third kappa shape index (κ3) is 4.94. The zero-order valence-electron chi connectivity index (χ0n) is 13.7. The Morgan fingerprint density at radius 1 is 1.50 bits per heavy atom. The maximum absolute atomic E-state index is 10.6. The van der Waals surface area contributed by atoms with Crippen molar-refractivity contribution in [2.45, 2.75) is 46.1 Å². The van der Waals surface area contributed by atoms with E-state index in [4.69, 9.17) is 10.1 Å². The summed E-state index contributed by atoms with van der Waals surface area (Å²) in [4.78, 5) is 22.0. The van der Waals surface area contributed by atoms with Gasteiger partial charge in [-0.05, 0) is 31.7 Å². The van der Waals surface area contributed by atoms with Crippen molar-refractivity contribution in [1.82, 2.24) is 15.3 Å². The molecule has 2 heterocycles. The fourth-order valence-corrected chi connectivity index (χ4v) is 2.77. The molecule has 0 spiro atoms. The van der Waals surface area contributed by atoms with Gasteiger partial charge >= 0.3 is 5.97 Å². The standard InChI is InChI=1S/C16H26N4O2/c1-11(2)8-14-9-12(3)18-16(19-14)20-7-5-13(10-20)17-6-4-15(21)22/h9,11,13,17H,4-8,10H2,1-3H3,(H,21,22)/t13-/m0/s1. The first-order valence-electron chi connectivity index (χ1n) is 7.98. The van der Waals surface area contributed by atoms with Gasteiger partial charge in [-0.25, -0.2) is 9.97 Å². The minimum atomic E-state index is -0.761. The molecule has 1 atom stereocenters. The smallest absolute Gasteiger partial charge is 0.304 e. The van der Waals surface area contributed by atoms with E-state index in [0.717, 1.165) is 43.3 Å². The molecule has 1 aliphatic rings. The van der Waals surface area contributed by atoms with Gasteiger partial charge < -0.3 is 15.3 Å². The van der Waals surface area contributed by atoms with Crippen LogP contribution in [0.15, 0.2) is 6.07 Å². The van der Waals surface area contributed by atoms with E-state index in [1.165, 1.54) is 0 Å². The van der Waals surface area contributed by atoms with Crippen LogP contribution in [-0.2, 0) is 11.2 Å². The molecule has 1 aromatic rings. The molecule has 6 nitrogen and oxygen atoms in total. The summed E-state index contributed by atoms with van der Waals surface area (Å²) in [6.07, 6.45) is 2.12. The van der Waals surface area contributed by atoms with Crippen molar-refractivity contribution >= 4 is 11.9 Å². The van der Waals surface area contributed by atoms with Gasteiger partial charge in [-0.1, -0.05) is 13.8 Å². The van der Waals surface area contributed by atoms with Crippen LogP contribution < -0.4 is 10.2 Å². The normalized spacial score (nSPS) is 18.2. The van der Waals surface area contributed by atoms with Crippen molar-refractivity contribution in [3.05, 3.63) is 17.5 Å². The maximum atomic E-state index is 10.6. The Bertz CT molecular complexity index is 519. The second-order valence-corrected chi connectivity index (χ2v) is 6.43. The Hall–Kier alpha value is -1.69. The van der Waals surface area contributed by atoms with E-state index < -0.39 is 5.97 Å². The number of aryl methyl sites for hydroxylation is 1. The molecule has 1 fully saturated rings. The average Bonchev–Trinajstić information content (AvgIpc) is 2.85. The minimum Gasteiger partial charge on any atom is -0.481 e. The molecule has 0 saturated carbocycles. The molecule has 2 N–H and O–H groups in total. The first-order chi connectivity index (χ1) is 10.4. The van der Waals surface area contributed by atoms with E-state index in [2.05, 4.69) is 35.1 Å². The summed E-state index contributed by atoms with van der Waals surface area (Å²) in [7, 11) is 0. The monoisotopic (exact) mass is 306 g/mol. The molecule has 1 saturated heterocycles. The lowest BCUT2D eigenvalue weighted by Gasteiger charge is -2.18. The number of hydrogen-bond donors (Lipinski definition) is 2. The summed E-state index contributed by atoms with van der Waals surface area (Å²) in [5.74, 6) is 0.618. The highest BCUT2D eigenvalue weighted by Gasteiger charge is 2.24. The van der Waals surface area contributed by atoms with Crippen LogP contribution in [-0.4, -0.2) is 46.7 Å². The molecule has 1 aromatic heterocycles. The fraction of sp³-hybridized carbons (Fsp3) is 0.688. The highest BCUT2D eigenvalue weighted by molar-refractivity contribution is 5.66. The van der Waals surface area contributed by atoms with Gasteiger partial charge in [0.05, 0.1) is 6.42 Å². The summed E-state index contributed by atoms with van der Waals surface area (Å²) in [6, 6.07) is 2.37. The average molecular weight is 306 g/mol. The molecule has 0 bridgehead atoms. The van der Waals surface area contributed by atoms with E-state index in [9.17, 15) is 4.79 Å². The van der Waals surface area contributed by atoms with Crippen molar-refractivity contribution in [2.75, 3.05) is 24.5 Å². The molecule has 0 unspecified atom stereocenters. The number of aliphatic carboxylic acids is 1. The third-order valence-corrected chi connectivity index (χ3v) is 3.76. The zero-order valence-corrected chi connectivity index (χ0v) is 13.7. The van der Waals surface area contributed by atoms with Gasteiger partial charge in [0.2, 0.25) is 5.95 Å². The predicted octanol–water partition coefficient (Wildman–Crippen LogP) is 1.63. The lowest BCUT2D eigenvalue weighted by Crippen LogP contribution is -2.34. The molecule has 0 radical (unpaired) electrons. The Morgan fingerprint density at radius 2 is 2.27 bits per heavy atom. The lowest BCUT2D eigenvalue weighted by atomic mass is 10.1. The summed E-state index contributed by atoms with van der Waals surface area (Å²) >= 11 is 0. The van der Waals surface area contributed by atoms with Crippen molar-refractivity contribution in [3.8, 4) is 0 Å². The number of nitrogens with one attached hydrogen (secondary N) is 1. The minimum absolute atomic E-state index is 0.163. The first-order valence-corrected chi connectivity index (χ1v) is 7.98. The molecule has 0 aliphatic carbocycles. The van der Waals surface area contributed by atoms with Crippen molar-refractivity contribution in [3.63, 3.8) is 0 Å². The Kier molecular flexibility index (Phi) is 5.71. The van der Waals surface area contributed by atoms with Crippen molar-refractivity contribution in [2.24, 2.45) is 5.92 Å². The summed E-state index contributed by atoms with van der Waals surface area (Å²) in [6.45, 7) is 8.65. The third-order valence-electron chi connectivity index (χ3n) is 3.76. The van der Waals surface area contributed by atoms with Gasteiger partial charge in [-0.2, -0.15) is 0 Å². The van der Waals surface area contributed by atoms with Crippen LogP contribution in [0.5, 0.6) is 0 Å². The summed E-state index contributed by atoms with van der Waals surface area (Å²) in [5, 5.41) is 12.0. The molecule has 0 amide bonds. The Balaban J connectivity index is 1.95. The summed E-state index contributed by atoms with van der Waals surface area (Å²) in [5.41, 5.74) is 2.10. The Morgan fingerprint density at radius 3 is 2.95 bits per heavy atom. The number of anilines is 1. The van der Waals surface area contributed by atoms with Crippen LogP contribution >= 0.6 is 0 Å². The zero-order chi connectivity index (χ0) is 16.1. The van der Waals surface area contributed by atoms with Gasteiger partial charge in [0, 0.05) is 37.1 Å². The second kappa shape index (κ2) is 7.54. The number of aromatic nitrogens is 2. The second-order valence-electron chi connectivity index (χ2n) is 6.43. The van der Waals surface area contributed by atoms with E-state index in [1.54, 1.807) is 0 Å². The molecule has 22 heavy (non-hydrogen) atoms. The van der Waals surface area contributed by atoms with Gasteiger partial charge in [0.15, 0.2) is 0 Å². The molecule has 122 valence electrons. The van der Waals surface area contributed by atoms with Crippen molar-refractivity contribution in [1.29, 1.82) is 0 Å². The van der Waals surface area contributed by atoms with E-state index >= 15 is 0 Å². The number of carboxylic acid groups (broad SMARTS) is 1. The molecular weight excluding hydrogens is 280 g/mol. The van der Waals surface area contributed by atoms with E-state index in [0.29, 0.717) is 18.5 Å². The summed E-state index contributed by atoms with van der Waals surface area (Å²) < 4.78 is 0. The predicted molar refractivity (Wildman–Crippen MR) is 86.2 cm³/mol. The van der Waals surface area contributed by atoms with Crippen LogP contribution in [0.2, 0.25) is 0 Å². The highest BCUT2D eigenvalue weighted by Crippen LogP contribution is 2.18. The molecular formula is C16H26N4O2. The topological polar surface area (TPSA) is 78.4 Å². The van der Waals surface area contributed by atoms with Crippen molar-refractivity contribution < 1.29 is 9.90 Å². The first kappa shape index (κ1) is 16.7. The highest BCUT2D eigenvalue weighted by atomic mass is 16.4. The van der Waals surface area contributed by atoms with E-state index in [1.807, 2.05) is 6.92 Å². The van der Waals surface area contributed by atoms with Gasteiger partial charge in [-0.3, -0.25) is 4.79 Å². The Labute approximate surface area is 132 Å². The largest absolute Gasteiger partial charge is 0.481 e. The van der Waals surface area contributed by atoms with Gasteiger partial charge in [-0.15, -0.1) is 0 Å². The number of carbonyl (C=O) groups is 1. The van der Waals surface area contributed by atoms with Crippen LogP contribution in [0.4, 0.5) is 5.95 Å². The number of rotatable bonds is 7. The van der Waals surface area contributed by atoms with Crippen LogP contribution in [0.3, 0.4) is 0 Å². The van der Waals surface area contributed by atoms with Gasteiger partial charge in [0.1, 0.15) is 0 Å².